The molecule has 5 N–H and O–H groups in total. The molecule has 6 heteroatoms. The minimum absolute atomic E-state index is 0.231. The molecule has 1 amide bonds. The highest BCUT2D eigenvalue weighted by Gasteiger charge is 2.15. The summed E-state index contributed by atoms with van der Waals surface area (Å²) in [6.45, 7) is 1.31. The van der Waals surface area contributed by atoms with Gasteiger partial charge in [-0.1, -0.05) is 11.8 Å². The summed E-state index contributed by atoms with van der Waals surface area (Å²) >= 11 is 0. The molecule has 0 aliphatic rings. The smallest absolute Gasteiger partial charge is 0.287 e. The van der Waals surface area contributed by atoms with Crippen LogP contribution in [0.15, 0.2) is 22.6 Å². The third-order valence-corrected chi connectivity index (χ3v) is 3.03. The summed E-state index contributed by atoms with van der Waals surface area (Å²) in [5, 5.41) is 3.50. The molecule has 0 fully saturated rings. The van der Waals surface area contributed by atoms with Gasteiger partial charge in [0.15, 0.2) is 17.1 Å². The van der Waals surface area contributed by atoms with Crippen molar-refractivity contribution in [2.24, 2.45) is 11.5 Å². The number of fused-ring (bicyclic) bond motifs is 1. The van der Waals surface area contributed by atoms with Crippen molar-refractivity contribution in [3.63, 3.8) is 0 Å². The molecule has 0 saturated carbocycles. The third-order valence-electron chi connectivity index (χ3n) is 3.03. The third kappa shape index (κ3) is 3.58. The van der Waals surface area contributed by atoms with Gasteiger partial charge in [0.1, 0.15) is 0 Å². The number of carbonyl (C=O) groups excluding carboxylic acids is 1. The fourth-order valence-corrected chi connectivity index (χ4v) is 2.00. The summed E-state index contributed by atoms with van der Waals surface area (Å²) in [5.41, 5.74) is 12.0. The van der Waals surface area contributed by atoms with E-state index in [9.17, 15) is 4.79 Å². The van der Waals surface area contributed by atoms with Crippen molar-refractivity contribution in [3.8, 4) is 17.6 Å². The minimum Gasteiger partial charge on any atom is -0.493 e. The molecule has 116 valence electrons. The lowest BCUT2D eigenvalue weighted by atomic mass is 10.1. The van der Waals surface area contributed by atoms with Crippen LogP contribution in [0.5, 0.6) is 5.75 Å². The summed E-state index contributed by atoms with van der Waals surface area (Å²) in [5.74, 6) is 6.21. The molecule has 2 rings (SSSR count). The first-order chi connectivity index (χ1) is 10.7. The van der Waals surface area contributed by atoms with E-state index in [1.807, 2.05) is 6.07 Å². The zero-order valence-corrected chi connectivity index (χ0v) is 12.4. The molecule has 0 radical (unpaired) electrons. The van der Waals surface area contributed by atoms with Crippen LogP contribution in [-0.2, 0) is 0 Å². The van der Waals surface area contributed by atoms with E-state index in [1.54, 1.807) is 19.2 Å². The highest BCUT2D eigenvalue weighted by Crippen LogP contribution is 2.30. The van der Waals surface area contributed by atoms with E-state index in [0.717, 1.165) is 10.9 Å². The maximum absolute atomic E-state index is 12.0. The average molecular weight is 301 g/mol. The lowest BCUT2D eigenvalue weighted by molar-refractivity contribution is 0.0928. The summed E-state index contributed by atoms with van der Waals surface area (Å²) in [7, 11) is 1.54. The van der Waals surface area contributed by atoms with Gasteiger partial charge in [0.05, 0.1) is 13.7 Å². The highest BCUT2D eigenvalue weighted by atomic mass is 16.5. The molecule has 0 spiro atoms. The zero-order chi connectivity index (χ0) is 15.9. The van der Waals surface area contributed by atoms with E-state index in [1.165, 1.54) is 0 Å². The number of nitrogens with two attached hydrogens (primary N) is 2. The molecular formula is C16H19N3O3. The molecule has 22 heavy (non-hydrogen) atoms. The number of methoxy groups -OCH3 is 1. The summed E-state index contributed by atoms with van der Waals surface area (Å²) in [4.78, 5) is 12.0. The van der Waals surface area contributed by atoms with E-state index in [-0.39, 0.29) is 18.2 Å². The normalized spacial score (nSPS) is 10.1. The zero-order valence-electron chi connectivity index (χ0n) is 12.4. The van der Waals surface area contributed by atoms with Gasteiger partial charge >= 0.3 is 0 Å². The van der Waals surface area contributed by atoms with Crippen LogP contribution in [-0.4, -0.2) is 32.7 Å². The molecule has 0 saturated heterocycles. The van der Waals surface area contributed by atoms with Crippen molar-refractivity contribution < 1.29 is 13.9 Å². The highest BCUT2D eigenvalue weighted by molar-refractivity contribution is 5.97. The second-order valence-corrected chi connectivity index (χ2v) is 4.61. The van der Waals surface area contributed by atoms with Crippen LogP contribution in [0.25, 0.3) is 11.0 Å². The Kier molecular flexibility index (Phi) is 5.42. The predicted octanol–water partition coefficient (Wildman–Crippen LogP) is 0.830. The van der Waals surface area contributed by atoms with Crippen LogP contribution in [0.1, 0.15) is 22.5 Å². The number of nitrogens with one attached hydrogen (secondary N) is 1. The van der Waals surface area contributed by atoms with Crippen molar-refractivity contribution in [3.05, 3.63) is 29.5 Å². The molecule has 2 aromatic rings. The lowest BCUT2D eigenvalue weighted by Gasteiger charge is -2.02. The van der Waals surface area contributed by atoms with Crippen LogP contribution >= 0.6 is 0 Å². The molecule has 1 aromatic carbocycles. The minimum atomic E-state index is -0.277. The van der Waals surface area contributed by atoms with Crippen LogP contribution < -0.4 is 21.5 Å². The molecule has 1 aromatic heterocycles. The van der Waals surface area contributed by atoms with Crippen molar-refractivity contribution in [1.29, 1.82) is 0 Å². The second kappa shape index (κ2) is 7.50. The first-order valence-electron chi connectivity index (χ1n) is 6.98. The first-order valence-corrected chi connectivity index (χ1v) is 6.98. The second-order valence-electron chi connectivity index (χ2n) is 4.61. The molecule has 0 aliphatic carbocycles. The standard InChI is InChI=1S/C16H19N3O3/c1-21-13-9-11(4-2-5-17)8-12-10-14(22-15(12)13)16(20)19-7-3-6-18/h8-10H,3,5-7,17-18H2,1H3,(H,19,20). The Labute approximate surface area is 128 Å². The Bertz CT molecular complexity index is 725. The van der Waals surface area contributed by atoms with E-state index >= 15 is 0 Å². The van der Waals surface area contributed by atoms with E-state index in [4.69, 9.17) is 20.6 Å². The maximum Gasteiger partial charge on any atom is 0.287 e. The van der Waals surface area contributed by atoms with E-state index in [0.29, 0.717) is 30.8 Å². The van der Waals surface area contributed by atoms with Crippen LogP contribution in [0.4, 0.5) is 0 Å². The molecular weight excluding hydrogens is 282 g/mol. The molecule has 1 heterocycles. The molecule has 0 unspecified atom stereocenters. The first kappa shape index (κ1) is 15.9. The Morgan fingerprint density at radius 1 is 1.36 bits per heavy atom. The van der Waals surface area contributed by atoms with E-state index in [2.05, 4.69) is 17.2 Å². The van der Waals surface area contributed by atoms with Crippen molar-refractivity contribution in [2.45, 2.75) is 6.42 Å². The number of carbonyl (C=O) groups is 1. The quantitative estimate of drug-likeness (QED) is 0.560. The monoisotopic (exact) mass is 301 g/mol. The van der Waals surface area contributed by atoms with Gasteiger partial charge in [0.25, 0.3) is 5.91 Å². The van der Waals surface area contributed by atoms with Crippen molar-refractivity contribution in [2.75, 3.05) is 26.7 Å². The van der Waals surface area contributed by atoms with Crippen LogP contribution in [0.2, 0.25) is 0 Å². The van der Waals surface area contributed by atoms with Crippen LogP contribution in [0, 0.1) is 11.8 Å². The summed E-state index contributed by atoms with van der Waals surface area (Å²) < 4.78 is 10.9. The van der Waals surface area contributed by atoms with Gasteiger partial charge in [0.2, 0.25) is 0 Å². The number of furan rings is 1. The largest absolute Gasteiger partial charge is 0.493 e. The number of hydrogen-bond acceptors (Lipinski definition) is 5. The topological polar surface area (TPSA) is 104 Å². The van der Waals surface area contributed by atoms with Crippen molar-refractivity contribution >= 4 is 16.9 Å². The van der Waals surface area contributed by atoms with Gasteiger partial charge in [-0.3, -0.25) is 4.79 Å². The summed E-state index contributed by atoms with van der Waals surface area (Å²) in [6.07, 6.45) is 0.716. The van der Waals surface area contributed by atoms with Crippen LogP contribution in [0.3, 0.4) is 0 Å². The van der Waals surface area contributed by atoms with Gasteiger partial charge in [0, 0.05) is 17.5 Å². The van der Waals surface area contributed by atoms with Gasteiger partial charge in [-0.25, -0.2) is 0 Å². The Balaban J connectivity index is 2.34. The number of rotatable bonds is 5. The maximum atomic E-state index is 12.0. The lowest BCUT2D eigenvalue weighted by Crippen LogP contribution is -2.25. The molecule has 0 bridgehead atoms. The number of ether oxygens (including phenoxy) is 1. The SMILES string of the molecule is COc1cc(C#CCN)cc2cc(C(=O)NCCCN)oc12. The molecule has 6 nitrogen and oxygen atoms in total. The van der Waals surface area contributed by atoms with Gasteiger partial charge < -0.3 is 25.9 Å². The number of amides is 1. The van der Waals surface area contributed by atoms with Gasteiger partial charge in [-0.15, -0.1) is 0 Å². The van der Waals surface area contributed by atoms with Gasteiger partial charge in [-0.05, 0) is 31.2 Å². The Morgan fingerprint density at radius 3 is 2.86 bits per heavy atom. The fourth-order valence-electron chi connectivity index (χ4n) is 2.00. The van der Waals surface area contributed by atoms with E-state index < -0.39 is 0 Å². The fraction of sp³-hybridized carbons (Fsp3) is 0.312. The Hall–Kier alpha value is -2.49. The predicted molar refractivity (Wildman–Crippen MR) is 84.7 cm³/mol. The summed E-state index contributed by atoms with van der Waals surface area (Å²) in [6, 6.07) is 5.26. The molecule has 0 aliphatic heterocycles. The number of benzene rings is 1. The Morgan fingerprint density at radius 2 is 2.18 bits per heavy atom. The number of hydrogen-bond donors (Lipinski definition) is 3. The average Bonchev–Trinajstić information content (AvgIpc) is 2.96. The van der Waals surface area contributed by atoms with Crippen molar-refractivity contribution in [1.82, 2.24) is 5.32 Å². The van der Waals surface area contributed by atoms with Gasteiger partial charge in [-0.2, -0.15) is 0 Å². The molecule has 0 atom stereocenters.